The van der Waals surface area contributed by atoms with Gasteiger partial charge in [-0.3, -0.25) is 0 Å². The van der Waals surface area contributed by atoms with Crippen molar-refractivity contribution in [3.8, 4) is 17.4 Å². The Morgan fingerprint density at radius 3 is 1.95 bits per heavy atom. The van der Waals surface area contributed by atoms with Gasteiger partial charge in [-0.25, -0.2) is 4.98 Å². The molecule has 0 radical (unpaired) electrons. The van der Waals surface area contributed by atoms with Gasteiger partial charge in [-0.15, -0.1) is 0 Å². The Balaban J connectivity index is 1.47. The van der Waals surface area contributed by atoms with Crippen LogP contribution in [-0.4, -0.2) is 53.5 Å². The van der Waals surface area contributed by atoms with Crippen LogP contribution in [0.5, 0.6) is 17.4 Å². The van der Waals surface area contributed by atoms with E-state index in [0.29, 0.717) is 25.6 Å². The average molecular weight is 527 g/mol. The summed E-state index contributed by atoms with van der Waals surface area (Å²) in [6.07, 6.45) is 1.79. The van der Waals surface area contributed by atoms with Gasteiger partial charge in [0, 0.05) is 76.7 Å². The number of rotatable bonds is 13. The predicted molar refractivity (Wildman–Crippen MR) is 160 cm³/mol. The van der Waals surface area contributed by atoms with Crippen LogP contribution in [0.1, 0.15) is 11.1 Å². The number of benzene rings is 3. The average Bonchev–Trinajstić information content (AvgIpc) is 2.95. The fraction of sp³-hybridized carbons (Fsp3) is 0.281. The van der Waals surface area contributed by atoms with Gasteiger partial charge in [-0.05, 0) is 53.6 Å². The van der Waals surface area contributed by atoms with E-state index in [1.165, 1.54) is 11.3 Å². The molecule has 39 heavy (non-hydrogen) atoms. The molecular formula is C32H38N4O3. The molecule has 7 nitrogen and oxygen atoms in total. The molecule has 4 aromatic rings. The van der Waals surface area contributed by atoms with Gasteiger partial charge in [0.05, 0.1) is 7.11 Å². The molecule has 1 heterocycles. The third-order valence-corrected chi connectivity index (χ3v) is 6.33. The Morgan fingerprint density at radius 1 is 0.615 bits per heavy atom. The summed E-state index contributed by atoms with van der Waals surface area (Å²) in [5, 5.41) is 0. The fourth-order valence-corrected chi connectivity index (χ4v) is 4.21. The summed E-state index contributed by atoms with van der Waals surface area (Å²) in [6, 6.07) is 28.8. The molecule has 4 rings (SSSR count). The molecule has 3 aromatic carbocycles. The van der Waals surface area contributed by atoms with Crippen molar-refractivity contribution in [2.75, 3.05) is 63.2 Å². The molecule has 0 spiro atoms. The van der Waals surface area contributed by atoms with E-state index in [9.17, 15) is 0 Å². The van der Waals surface area contributed by atoms with Crippen LogP contribution in [-0.2, 0) is 13.1 Å². The normalized spacial score (nSPS) is 10.6. The summed E-state index contributed by atoms with van der Waals surface area (Å²) < 4.78 is 17.3. The molecule has 0 unspecified atom stereocenters. The lowest BCUT2D eigenvalue weighted by Crippen LogP contribution is -2.22. The number of anilines is 3. The number of methoxy groups -OCH3 is 1. The first-order valence-electron chi connectivity index (χ1n) is 13.0. The smallest absolute Gasteiger partial charge is 0.215 e. The van der Waals surface area contributed by atoms with Gasteiger partial charge in [0.1, 0.15) is 24.7 Å². The highest BCUT2D eigenvalue weighted by Crippen LogP contribution is 2.26. The molecule has 0 saturated carbocycles. The maximum Gasteiger partial charge on any atom is 0.215 e. The predicted octanol–water partition coefficient (Wildman–Crippen LogP) is 5.89. The molecule has 0 bridgehead atoms. The molecule has 7 heteroatoms. The van der Waals surface area contributed by atoms with E-state index >= 15 is 0 Å². The Morgan fingerprint density at radius 2 is 1.23 bits per heavy atom. The number of aromatic nitrogens is 1. The Kier molecular flexibility index (Phi) is 9.51. The second kappa shape index (κ2) is 13.4. The minimum Gasteiger partial charge on any atom is -0.497 e. The second-order valence-corrected chi connectivity index (χ2v) is 9.71. The molecule has 0 atom stereocenters. The lowest BCUT2D eigenvalue weighted by molar-refractivity contribution is 0.212. The van der Waals surface area contributed by atoms with E-state index in [1.54, 1.807) is 13.3 Å². The Bertz CT molecular complexity index is 1340. The fourth-order valence-electron chi connectivity index (χ4n) is 4.21. The third kappa shape index (κ3) is 8.04. The lowest BCUT2D eigenvalue weighted by atomic mass is 10.1. The number of ether oxygens (including phenoxy) is 3. The molecule has 0 N–H and O–H groups in total. The van der Waals surface area contributed by atoms with Crippen molar-refractivity contribution >= 4 is 17.1 Å². The first kappa shape index (κ1) is 27.6. The van der Waals surface area contributed by atoms with Crippen molar-refractivity contribution in [1.82, 2.24) is 4.98 Å². The zero-order valence-electron chi connectivity index (χ0n) is 23.5. The van der Waals surface area contributed by atoms with Crippen LogP contribution in [0.4, 0.5) is 17.1 Å². The Hall–Kier alpha value is -4.39. The quantitative estimate of drug-likeness (QED) is 0.202. The molecule has 0 fully saturated rings. The van der Waals surface area contributed by atoms with Crippen molar-refractivity contribution in [2.24, 2.45) is 0 Å². The van der Waals surface area contributed by atoms with Crippen molar-refractivity contribution in [1.29, 1.82) is 0 Å². The van der Waals surface area contributed by atoms with Crippen LogP contribution in [0.25, 0.3) is 0 Å². The van der Waals surface area contributed by atoms with Crippen molar-refractivity contribution < 1.29 is 14.2 Å². The first-order valence-corrected chi connectivity index (χ1v) is 13.0. The number of hydrogen-bond donors (Lipinski definition) is 0. The zero-order valence-corrected chi connectivity index (χ0v) is 23.5. The third-order valence-electron chi connectivity index (χ3n) is 6.33. The number of hydrogen-bond acceptors (Lipinski definition) is 7. The summed E-state index contributed by atoms with van der Waals surface area (Å²) in [6.45, 7) is 2.25. The Labute approximate surface area is 232 Å². The van der Waals surface area contributed by atoms with E-state index in [4.69, 9.17) is 14.2 Å². The summed E-state index contributed by atoms with van der Waals surface area (Å²) in [4.78, 5) is 10.9. The largest absolute Gasteiger partial charge is 0.497 e. The SMILES string of the molecule is COc1cccc(CN(Cc2cccc(N(C)C)c2)c2ccnc(OCCOc3cccc(N(C)C)c3)c2)c1. The second-order valence-electron chi connectivity index (χ2n) is 9.71. The molecule has 0 aliphatic carbocycles. The molecule has 0 aliphatic rings. The van der Waals surface area contributed by atoms with Crippen LogP contribution in [0.3, 0.4) is 0 Å². The van der Waals surface area contributed by atoms with E-state index in [1.807, 2.05) is 67.5 Å². The molecule has 0 amide bonds. The van der Waals surface area contributed by atoms with Gasteiger partial charge < -0.3 is 28.9 Å². The number of nitrogens with zero attached hydrogens (tertiary/aromatic N) is 4. The summed E-state index contributed by atoms with van der Waals surface area (Å²) in [5.41, 5.74) is 5.67. The maximum absolute atomic E-state index is 5.98. The van der Waals surface area contributed by atoms with Crippen molar-refractivity contribution in [3.05, 3.63) is 102 Å². The van der Waals surface area contributed by atoms with E-state index in [2.05, 4.69) is 65.3 Å². The zero-order chi connectivity index (χ0) is 27.6. The van der Waals surface area contributed by atoms with Gasteiger partial charge in [-0.1, -0.05) is 30.3 Å². The molecule has 0 aliphatic heterocycles. The van der Waals surface area contributed by atoms with Crippen LogP contribution < -0.4 is 28.9 Å². The lowest BCUT2D eigenvalue weighted by Gasteiger charge is -2.26. The van der Waals surface area contributed by atoms with Crippen LogP contribution in [0.15, 0.2) is 91.1 Å². The molecule has 204 valence electrons. The first-order chi connectivity index (χ1) is 18.9. The summed E-state index contributed by atoms with van der Waals surface area (Å²) in [7, 11) is 9.83. The van der Waals surface area contributed by atoms with E-state index in [-0.39, 0.29) is 0 Å². The highest BCUT2D eigenvalue weighted by Gasteiger charge is 2.12. The van der Waals surface area contributed by atoms with Crippen LogP contribution in [0, 0.1) is 0 Å². The monoisotopic (exact) mass is 526 g/mol. The maximum atomic E-state index is 5.98. The van der Waals surface area contributed by atoms with Gasteiger partial charge in [0.2, 0.25) is 5.88 Å². The molecule has 1 aromatic heterocycles. The minimum atomic E-state index is 0.392. The topological polar surface area (TPSA) is 50.3 Å². The van der Waals surface area contributed by atoms with Crippen molar-refractivity contribution in [2.45, 2.75) is 13.1 Å². The minimum absolute atomic E-state index is 0.392. The van der Waals surface area contributed by atoms with E-state index in [0.717, 1.165) is 35.0 Å². The summed E-state index contributed by atoms with van der Waals surface area (Å²) >= 11 is 0. The van der Waals surface area contributed by atoms with Gasteiger partial charge in [0.25, 0.3) is 0 Å². The highest BCUT2D eigenvalue weighted by atomic mass is 16.5. The molecular weight excluding hydrogens is 488 g/mol. The van der Waals surface area contributed by atoms with Gasteiger partial charge in [-0.2, -0.15) is 0 Å². The summed E-state index contributed by atoms with van der Waals surface area (Å²) in [5.74, 6) is 2.23. The van der Waals surface area contributed by atoms with E-state index < -0.39 is 0 Å². The standard InChI is InChI=1S/C32H38N4O3/c1-34(2)27-11-6-9-25(19-27)23-36(24-26-10-7-13-30(20-26)37-5)29-15-16-33-32(22-29)39-18-17-38-31-14-8-12-28(21-31)35(3)4/h6-16,19-22H,17-18,23-24H2,1-5H3. The van der Waals surface area contributed by atoms with Crippen molar-refractivity contribution in [3.63, 3.8) is 0 Å². The number of pyridine rings is 1. The van der Waals surface area contributed by atoms with Crippen LogP contribution >= 0.6 is 0 Å². The molecule has 0 saturated heterocycles. The van der Waals surface area contributed by atoms with Crippen LogP contribution in [0.2, 0.25) is 0 Å². The highest BCUT2D eigenvalue weighted by molar-refractivity contribution is 5.52. The van der Waals surface area contributed by atoms with Gasteiger partial charge in [0.15, 0.2) is 0 Å². The van der Waals surface area contributed by atoms with Gasteiger partial charge >= 0.3 is 0 Å².